The van der Waals surface area contributed by atoms with Gasteiger partial charge in [-0.05, 0) is 29.8 Å². The predicted molar refractivity (Wildman–Crippen MR) is 108 cm³/mol. The van der Waals surface area contributed by atoms with Crippen molar-refractivity contribution < 1.29 is 9.53 Å². The maximum Gasteiger partial charge on any atom is 0.191 e. The normalized spacial score (nSPS) is 10.9. The molecule has 3 rings (SSSR count). The summed E-state index contributed by atoms with van der Waals surface area (Å²) in [5.74, 6) is 1.18. The van der Waals surface area contributed by atoms with Gasteiger partial charge in [0.1, 0.15) is 5.82 Å². The zero-order valence-corrected chi connectivity index (χ0v) is 16.5. The summed E-state index contributed by atoms with van der Waals surface area (Å²) < 4.78 is 7.24. The Morgan fingerprint density at radius 1 is 1.11 bits per heavy atom. The molecule has 0 spiro atoms. The minimum atomic E-state index is 0.0302. The molecule has 2 aromatic carbocycles. The first-order valence-corrected chi connectivity index (χ1v) is 9.90. The van der Waals surface area contributed by atoms with Crippen LogP contribution in [0.15, 0.2) is 59.8 Å². The number of ether oxygens (including phenoxy) is 1. The number of hydrogen-bond donors (Lipinski definition) is 0. The summed E-state index contributed by atoms with van der Waals surface area (Å²) >= 11 is 7.27. The number of methoxy groups -OCH3 is 1. The monoisotopic (exact) mass is 401 g/mol. The molecule has 0 aliphatic heterocycles. The molecule has 0 aliphatic rings. The van der Waals surface area contributed by atoms with E-state index in [1.54, 1.807) is 31.4 Å². The quantitative estimate of drug-likeness (QED) is 0.398. The van der Waals surface area contributed by atoms with Crippen molar-refractivity contribution in [3.8, 4) is 0 Å². The number of benzene rings is 2. The van der Waals surface area contributed by atoms with Crippen LogP contribution in [0.4, 0.5) is 0 Å². The Kier molecular flexibility index (Phi) is 7.04. The summed E-state index contributed by atoms with van der Waals surface area (Å²) in [4.78, 5) is 12.4. The highest BCUT2D eigenvalue weighted by Crippen LogP contribution is 2.21. The highest BCUT2D eigenvalue weighted by atomic mass is 35.5. The van der Waals surface area contributed by atoms with Crippen LogP contribution in [0, 0.1) is 0 Å². The Morgan fingerprint density at radius 2 is 1.85 bits per heavy atom. The van der Waals surface area contributed by atoms with Crippen LogP contribution in [0.25, 0.3) is 0 Å². The molecule has 1 heterocycles. The fourth-order valence-corrected chi connectivity index (χ4v) is 3.60. The van der Waals surface area contributed by atoms with Gasteiger partial charge in [0.05, 0.1) is 12.4 Å². The Morgan fingerprint density at radius 3 is 2.56 bits per heavy atom. The average Bonchev–Trinajstić information content (AvgIpc) is 3.07. The molecule has 0 fully saturated rings. The van der Waals surface area contributed by atoms with E-state index in [1.165, 1.54) is 11.8 Å². The number of ketones is 1. The van der Waals surface area contributed by atoms with Crippen LogP contribution in [0.2, 0.25) is 5.02 Å². The molecule has 0 N–H and O–H groups in total. The molecule has 0 radical (unpaired) electrons. The molecule has 0 atom stereocenters. The van der Waals surface area contributed by atoms with Gasteiger partial charge in [0.15, 0.2) is 10.9 Å². The van der Waals surface area contributed by atoms with Crippen LogP contribution < -0.4 is 0 Å². The van der Waals surface area contributed by atoms with E-state index < -0.39 is 0 Å². The summed E-state index contributed by atoms with van der Waals surface area (Å²) in [5, 5.41) is 9.96. The molecule has 5 nitrogen and oxygen atoms in total. The minimum absolute atomic E-state index is 0.0302. The summed E-state index contributed by atoms with van der Waals surface area (Å²) in [6.07, 6.45) is 0.684. The van der Waals surface area contributed by atoms with Crippen LogP contribution in [0.1, 0.15) is 21.7 Å². The largest absolute Gasteiger partial charge is 0.383 e. The molecule has 140 valence electrons. The fraction of sp³-hybridized carbons (Fsp3) is 0.250. The smallest absolute Gasteiger partial charge is 0.191 e. The molecular formula is C20H20ClN3O2S. The van der Waals surface area contributed by atoms with Gasteiger partial charge in [-0.15, -0.1) is 10.2 Å². The Balaban J connectivity index is 1.72. The van der Waals surface area contributed by atoms with Gasteiger partial charge in [0.2, 0.25) is 0 Å². The van der Waals surface area contributed by atoms with Crippen molar-refractivity contribution in [2.75, 3.05) is 19.5 Å². The van der Waals surface area contributed by atoms with Gasteiger partial charge in [0, 0.05) is 30.7 Å². The van der Waals surface area contributed by atoms with Crippen LogP contribution in [-0.4, -0.2) is 40.0 Å². The highest BCUT2D eigenvalue weighted by molar-refractivity contribution is 7.99. The van der Waals surface area contributed by atoms with Crippen molar-refractivity contribution in [2.45, 2.75) is 18.1 Å². The number of carbonyl (C=O) groups excluding carboxylic acids is 1. The van der Waals surface area contributed by atoms with Gasteiger partial charge >= 0.3 is 0 Å². The molecule has 0 saturated carbocycles. The summed E-state index contributed by atoms with van der Waals surface area (Å²) in [7, 11) is 1.66. The number of hydrogen-bond acceptors (Lipinski definition) is 5. The predicted octanol–water partition coefficient (Wildman–Crippen LogP) is 4.14. The first-order valence-electron chi connectivity index (χ1n) is 8.54. The maximum absolute atomic E-state index is 12.4. The maximum atomic E-state index is 12.4. The third kappa shape index (κ3) is 5.42. The molecule has 0 aliphatic carbocycles. The van der Waals surface area contributed by atoms with Gasteiger partial charge in [-0.2, -0.15) is 0 Å². The third-order valence-electron chi connectivity index (χ3n) is 4.02. The van der Waals surface area contributed by atoms with Crippen molar-refractivity contribution >= 4 is 29.1 Å². The second kappa shape index (κ2) is 9.69. The fourth-order valence-electron chi connectivity index (χ4n) is 2.59. The lowest BCUT2D eigenvalue weighted by atomic mass is 10.1. The summed E-state index contributed by atoms with van der Waals surface area (Å²) in [6.45, 7) is 1.20. The van der Waals surface area contributed by atoms with Crippen molar-refractivity contribution in [1.29, 1.82) is 0 Å². The molecule has 27 heavy (non-hydrogen) atoms. The van der Waals surface area contributed by atoms with E-state index in [1.807, 2.05) is 22.8 Å². The SMILES string of the molecule is COCCn1c(Cc2ccccc2)nnc1SCC(=O)c1ccc(Cl)cc1. The Bertz CT molecular complexity index is 882. The molecule has 3 aromatic rings. The van der Waals surface area contributed by atoms with Crippen LogP contribution in [0.5, 0.6) is 0 Å². The molecular weight excluding hydrogens is 382 g/mol. The molecule has 0 saturated heterocycles. The number of thioether (sulfide) groups is 1. The van der Waals surface area contributed by atoms with Gasteiger partial charge in [0.25, 0.3) is 0 Å². The van der Waals surface area contributed by atoms with Crippen molar-refractivity contribution in [3.05, 3.63) is 76.6 Å². The van der Waals surface area contributed by atoms with E-state index in [9.17, 15) is 4.79 Å². The van der Waals surface area contributed by atoms with Crippen molar-refractivity contribution in [3.63, 3.8) is 0 Å². The topological polar surface area (TPSA) is 57.0 Å². The summed E-state index contributed by atoms with van der Waals surface area (Å²) in [5.41, 5.74) is 1.80. The minimum Gasteiger partial charge on any atom is -0.383 e. The van der Waals surface area contributed by atoms with Crippen molar-refractivity contribution in [1.82, 2.24) is 14.8 Å². The number of nitrogens with zero attached hydrogens (tertiary/aromatic N) is 3. The zero-order valence-electron chi connectivity index (χ0n) is 15.0. The number of carbonyl (C=O) groups is 1. The average molecular weight is 402 g/mol. The van der Waals surface area contributed by atoms with Crippen LogP contribution in [-0.2, 0) is 17.7 Å². The second-order valence-electron chi connectivity index (χ2n) is 5.92. The van der Waals surface area contributed by atoms with E-state index >= 15 is 0 Å². The lowest BCUT2D eigenvalue weighted by Gasteiger charge is -2.09. The van der Waals surface area contributed by atoms with E-state index in [-0.39, 0.29) is 11.5 Å². The zero-order chi connectivity index (χ0) is 19.1. The van der Waals surface area contributed by atoms with Crippen molar-refractivity contribution in [2.24, 2.45) is 0 Å². The second-order valence-corrected chi connectivity index (χ2v) is 7.30. The van der Waals surface area contributed by atoms with Crippen LogP contribution in [0.3, 0.4) is 0 Å². The number of aromatic nitrogens is 3. The number of halogens is 1. The van der Waals surface area contributed by atoms with Gasteiger partial charge in [-0.3, -0.25) is 4.79 Å². The van der Waals surface area contributed by atoms with Gasteiger partial charge in [-0.1, -0.05) is 53.7 Å². The Labute approximate surface area is 167 Å². The molecule has 7 heteroatoms. The lowest BCUT2D eigenvalue weighted by molar-refractivity contribution is 0.102. The molecule has 0 bridgehead atoms. The molecule has 0 unspecified atom stereocenters. The number of rotatable bonds is 9. The van der Waals surface area contributed by atoms with E-state index in [0.29, 0.717) is 30.2 Å². The van der Waals surface area contributed by atoms with Crippen LogP contribution >= 0.6 is 23.4 Å². The van der Waals surface area contributed by atoms with Gasteiger partial charge < -0.3 is 9.30 Å². The third-order valence-corrected chi connectivity index (χ3v) is 5.23. The van der Waals surface area contributed by atoms with E-state index in [2.05, 4.69) is 22.3 Å². The summed E-state index contributed by atoms with van der Waals surface area (Å²) in [6, 6.07) is 17.0. The number of Topliss-reactive ketones (excluding diaryl/α,β-unsaturated/α-hetero) is 1. The first kappa shape index (κ1) is 19.6. The Hall–Kier alpha value is -2.15. The first-order chi connectivity index (χ1) is 13.2. The highest BCUT2D eigenvalue weighted by Gasteiger charge is 2.15. The van der Waals surface area contributed by atoms with Gasteiger partial charge in [-0.25, -0.2) is 0 Å². The molecule has 1 aromatic heterocycles. The lowest BCUT2D eigenvalue weighted by Crippen LogP contribution is -2.11. The van der Waals surface area contributed by atoms with E-state index in [0.717, 1.165) is 16.5 Å². The standard InChI is InChI=1S/C20H20ClN3O2S/c1-26-12-11-24-19(13-15-5-3-2-4-6-15)22-23-20(24)27-14-18(25)16-7-9-17(21)10-8-16/h2-10H,11-14H2,1H3. The molecule has 0 amide bonds. The van der Waals surface area contributed by atoms with E-state index in [4.69, 9.17) is 16.3 Å².